The number of hydrogen-bond acceptors (Lipinski definition) is 2. The summed E-state index contributed by atoms with van der Waals surface area (Å²) >= 11 is 0. The normalized spacial score (nSPS) is 13.0. The van der Waals surface area contributed by atoms with Gasteiger partial charge in [-0.1, -0.05) is 92.2 Å². The van der Waals surface area contributed by atoms with Crippen molar-refractivity contribution in [3.8, 4) is 0 Å². The molecule has 0 radical (unpaired) electrons. The minimum atomic E-state index is 0.146. The number of carbonyl (C=O) groups excluding carboxylic acids is 1. The molecular formula is C36H47N3O. The number of amides is 1. The van der Waals surface area contributed by atoms with Gasteiger partial charge in [-0.05, 0) is 87.8 Å². The van der Waals surface area contributed by atoms with Crippen LogP contribution in [0.2, 0.25) is 0 Å². The zero-order valence-electron chi connectivity index (χ0n) is 24.9. The summed E-state index contributed by atoms with van der Waals surface area (Å²) in [4.78, 5) is 15.8. The Kier molecular flexibility index (Phi) is 11.0. The van der Waals surface area contributed by atoms with E-state index >= 15 is 0 Å². The third-order valence-corrected chi connectivity index (χ3v) is 8.20. The molecule has 1 amide bonds. The fourth-order valence-electron chi connectivity index (χ4n) is 5.77. The lowest BCUT2D eigenvalue weighted by Gasteiger charge is -2.21. The minimum absolute atomic E-state index is 0.146. The Morgan fingerprint density at radius 3 is 2.30 bits per heavy atom. The summed E-state index contributed by atoms with van der Waals surface area (Å²) in [5.74, 6) is 0.302. The molecule has 2 atom stereocenters. The topological polar surface area (TPSA) is 37.3 Å². The van der Waals surface area contributed by atoms with Crippen molar-refractivity contribution in [1.82, 2.24) is 14.8 Å². The lowest BCUT2D eigenvalue weighted by atomic mass is 9.89. The molecule has 0 saturated carbocycles. The van der Waals surface area contributed by atoms with Gasteiger partial charge in [-0.25, -0.2) is 0 Å². The van der Waals surface area contributed by atoms with Crippen molar-refractivity contribution in [2.24, 2.45) is 0 Å². The van der Waals surface area contributed by atoms with Crippen molar-refractivity contribution in [2.45, 2.75) is 78.3 Å². The van der Waals surface area contributed by atoms with E-state index in [1.807, 2.05) is 0 Å². The van der Waals surface area contributed by atoms with Crippen molar-refractivity contribution in [1.29, 1.82) is 0 Å². The monoisotopic (exact) mass is 537 g/mol. The molecule has 4 heteroatoms. The van der Waals surface area contributed by atoms with Crippen molar-refractivity contribution in [3.63, 3.8) is 0 Å². The van der Waals surface area contributed by atoms with Crippen LogP contribution in [0.25, 0.3) is 10.9 Å². The van der Waals surface area contributed by atoms with E-state index < -0.39 is 0 Å². The highest BCUT2D eigenvalue weighted by atomic mass is 16.1. The molecule has 0 spiro atoms. The van der Waals surface area contributed by atoms with Gasteiger partial charge in [-0.15, -0.1) is 0 Å². The molecule has 0 aliphatic carbocycles. The van der Waals surface area contributed by atoms with Gasteiger partial charge in [0.25, 0.3) is 0 Å². The summed E-state index contributed by atoms with van der Waals surface area (Å²) in [5, 5.41) is 4.58. The Morgan fingerprint density at radius 2 is 1.57 bits per heavy atom. The molecule has 0 fully saturated rings. The number of rotatable bonds is 15. The third kappa shape index (κ3) is 8.32. The number of aryl methyl sites for hydroxylation is 2. The maximum atomic E-state index is 13.4. The van der Waals surface area contributed by atoms with Gasteiger partial charge in [0.1, 0.15) is 0 Å². The number of hydrogen-bond donors (Lipinski definition) is 1. The van der Waals surface area contributed by atoms with Gasteiger partial charge in [0.05, 0.1) is 0 Å². The van der Waals surface area contributed by atoms with E-state index in [-0.39, 0.29) is 17.9 Å². The van der Waals surface area contributed by atoms with Crippen molar-refractivity contribution in [2.75, 3.05) is 19.6 Å². The smallest absolute Gasteiger partial charge is 0.220 e. The van der Waals surface area contributed by atoms with E-state index in [4.69, 9.17) is 0 Å². The highest BCUT2D eigenvalue weighted by molar-refractivity contribution is 5.86. The molecule has 0 bridgehead atoms. The first kappa shape index (κ1) is 29.6. The minimum Gasteiger partial charge on any atom is -0.354 e. The number of benzene rings is 3. The summed E-state index contributed by atoms with van der Waals surface area (Å²) in [6.45, 7) is 12.8. The number of nitrogens with zero attached hydrogens (tertiary/aromatic N) is 2. The molecule has 4 nitrogen and oxygen atoms in total. The first-order chi connectivity index (χ1) is 19.5. The zero-order chi connectivity index (χ0) is 28.3. The third-order valence-electron chi connectivity index (χ3n) is 8.20. The predicted octanol–water partition coefficient (Wildman–Crippen LogP) is 7.73. The number of aromatic nitrogens is 1. The van der Waals surface area contributed by atoms with Gasteiger partial charge in [0.15, 0.2) is 0 Å². The Labute approximate surface area is 241 Å². The van der Waals surface area contributed by atoms with Crippen LogP contribution in [0.5, 0.6) is 0 Å². The molecule has 3 aromatic carbocycles. The van der Waals surface area contributed by atoms with Crippen LogP contribution in [0.3, 0.4) is 0 Å². The second-order valence-corrected chi connectivity index (χ2v) is 11.3. The van der Waals surface area contributed by atoms with Crippen molar-refractivity contribution >= 4 is 16.8 Å². The van der Waals surface area contributed by atoms with Gasteiger partial charge in [-0.2, -0.15) is 0 Å². The van der Waals surface area contributed by atoms with Crippen LogP contribution in [-0.4, -0.2) is 41.1 Å². The highest BCUT2D eigenvalue weighted by Gasteiger charge is 2.22. The van der Waals surface area contributed by atoms with E-state index in [9.17, 15) is 4.79 Å². The largest absolute Gasteiger partial charge is 0.354 e. The fourth-order valence-corrected chi connectivity index (χ4v) is 5.77. The quantitative estimate of drug-likeness (QED) is 0.168. The summed E-state index contributed by atoms with van der Waals surface area (Å²) in [6, 6.07) is 28.3. The van der Waals surface area contributed by atoms with E-state index in [2.05, 4.69) is 128 Å². The Hall–Kier alpha value is -3.37. The Balaban J connectivity index is 1.52. The second kappa shape index (κ2) is 14.9. The predicted molar refractivity (Wildman–Crippen MR) is 169 cm³/mol. The molecule has 2 unspecified atom stereocenters. The maximum Gasteiger partial charge on any atom is 0.220 e. The van der Waals surface area contributed by atoms with Gasteiger partial charge in [0.2, 0.25) is 5.91 Å². The zero-order valence-corrected chi connectivity index (χ0v) is 24.9. The van der Waals surface area contributed by atoms with Crippen LogP contribution in [-0.2, 0) is 17.8 Å². The summed E-state index contributed by atoms with van der Waals surface area (Å²) in [5.41, 5.74) is 6.39. The lowest BCUT2D eigenvalue weighted by Crippen LogP contribution is -2.34. The molecule has 1 N–H and O–H groups in total. The maximum absolute atomic E-state index is 13.4. The van der Waals surface area contributed by atoms with E-state index in [1.165, 1.54) is 33.2 Å². The van der Waals surface area contributed by atoms with Gasteiger partial charge in [0, 0.05) is 36.1 Å². The molecule has 0 aliphatic heterocycles. The van der Waals surface area contributed by atoms with Crippen LogP contribution in [0, 0.1) is 6.92 Å². The van der Waals surface area contributed by atoms with Crippen LogP contribution in [0.15, 0.2) is 85.1 Å². The first-order valence-corrected chi connectivity index (χ1v) is 15.2. The van der Waals surface area contributed by atoms with Crippen LogP contribution in [0.1, 0.15) is 74.6 Å². The molecule has 212 valence electrons. The number of fused-ring (bicyclic) bond motifs is 1. The highest BCUT2D eigenvalue weighted by Crippen LogP contribution is 2.33. The number of para-hydroxylation sites is 1. The molecule has 0 saturated heterocycles. The van der Waals surface area contributed by atoms with Crippen LogP contribution >= 0.6 is 0 Å². The van der Waals surface area contributed by atoms with E-state index in [0.717, 1.165) is 51.9 Å². The number of nitrogens with one attached hydrogen (secondary N) is 1. The number of carbonyl (C=O) groups is 1. The average molecular weight is 538 g/mol. The molecule has 0 aliphatic rings. The SMILES string of the molecule is CCN(CC)CCCC(C)NC(=O)CC(CCc1ccccc1)c1cn(Cc2ccc(C)cc2)c2ccccc12. The summed E-state index contributed by atoms with van der Waals surface area (Å²) in [7, 11) is 0. The second-order valence-electron chi connectivity index (χ2n) is 11.3. The molecule has 1 aromatic heterocycles. The first-order valence-electron chi connectivity index (χ1n) is 15.2. The molecule has 4 aromatic rings. The van der Waals surface area contributed by atoms with Crippen molar-refractivity contribution in [3.05, 3.63) is 107 Å². The van der Waals surface area contributed by atoms with Gasteiger partial charge >= 0.3 is 0 Å². The lowest BCUT2D eigenvalue weighted by molar-refractivity contribution is -0.122. The average Bonchev–Trinajstić information content (AvgIpc) is 3.33. The van der Waals surface area contributed by atoms with Crippen LogP contribution in [0.4, 0.5) is 0 Å². The fraction of sp³-hybridized carbons (Fsp3) is 0.417. The molecular weight excluding hydrogens is 490 g/mol. The van der Waals surface area contributed by atoms with E-state index in [1.54, 1.807) is 0 Å². The Morgan fingerprint density at radius 1 is 0.875 bits per heavy atom. The Bertz CT molecular complexity index is 1320. The summed E-state index contributed by atoms with van der Waals surface area (Å²) < 4.78 is 2.36. The van der Waals surface area contributed by atoms with Gasteiger partial charge in [-0.3, -0.25) is 4.79 Å². The molecule has 40 heavy (non-hydrogen) atoms. The van der Waals surface area contributed by atoms with Crippen LogP contribution < -0.4 is 5.32 Å². The van der Waals surface area contributed by atoms with Crippen molar-refractivity contribution < 1.29 is 4.79 Å². The standard InChI is InChI=1S/C36H47N3O/c1-5-38(6-2)24-12-13-29(4)37-36(40)25-32(23-22-30-14-8-7-9-15-30)34-27-39(35-17-11-10-16-33(34)35)26-31-20-18-28(3)19-21-31/h7-11,14-21,27,29,32H,5-6,12-13,22-26H2,1-4H3,(H,37,40). The molecule has 1 heterocycles. The summed E-state index contributed by atoms with van der Waals surface area (Å²) in [6.07, 6.45) is 6.81. The van der Waals surface area contributed by atoms with E-state index in [0.29, 0.717) is 6.42 Å². The molecule has 4 rings (SSSR count). The van der Waals surface area contributed by atoms with Gasteiger partial charge < -0.3 is 14.8 Å².